The summed E-state index contributed by atoms with van der Waals surface area (Å²) in [6.07, 6.45) is 3.77. The third-order valence-electron chi connectivity index (χ3n) is 6.02. The molecule has 0 N–H and O–H groups in total. The Kier molecular flexibility index (Phi) is 5.75. The largest absolute Gasteiger partial charge is 0.320 e. The van der Waals surface area contributed by atoms with Gasteiger partial charge in [-0.3, -0.25) is 0 Å². The molecule has 5 rings (SSSR count). The van der Waals surface area contributed by atoms with Gasteiger partial charge in [0.25, 0.3) is 0 Å². The molecule has 0 aliphatic heterocycles. The van der Waals surface area contributed by atoms with E-state index in [4.69, 9.17) is 9.97 Å². The maximum atomic E-state index is 12.4. The minimum atomic E-state index is -3.31. The molecule has 0 fully saturated rings. The van der Waals surface area contributed by atoms with Crippen molar-refractivity contribution >= 4 is 21.0 Å². The molecule has 0 radical (unpaired) electrons. The van der Waals surface area contributed by atoms with E-state index >= 15 is 0 Å². The third-order valence-corrected chi connectivity index (χ3v) is 8.20. The highest BCUT2D eigenvalue weighted by molar-refractivity contribution is 7.92. The predicted molar refractivity (Wildman–Crippen MR) is 135 cm³/mol. The SMILES string of the molecule is CC(C)S(=O)(=O)c1ccc(-c2cnc3c(ccn3C(c3ccccc3)c3ccccc3)n2)cc1. The summed E-state index contributed by atoms with van der Waals surface area (Å²) in [6.45, 7) is 3.37. The zero-order valence-corrected chi connectivity index (χ0v) is 19.9. The van der Waals surface area contributed by atoms with Gasteiger partial charge in [-0.2, -0.15) is 0 Å². The van der Waals surface area contributed by atoms with Crippen LogP contribution in [0.3, 0.4) is 0 Å². The van der Waals surface area contributed by atoms with E-state index in [1.165, 1.54) is 11.1 Å². The molecule has 6 heteroatoms. The van der Waals surface area contributed by atoms with Crippen molar-refractivity contribution in [3.63, 3.8) is 0 Å². The minimum absolute atomic E-state index is 0.0272. The Labute approximate surface area is 199 Å². The molecule has 0 saturated carbocycles. The summed E-state index contributed by atoms with van der Waals surface area (Å²) in [6, 6.07) is 29.5. The Hall–Kier alpha value is -3.77. The van der Waals surface area contributed by atoms with Gasteiger partial charge in [0.1, 0.15) is 5.52 Å². The van der Waals surface area contributed by atoms with E-state index in [-0.39, 0.29) is 6.04 Å². The first-order valence-electron chi connectivity index (χ1n) is 11.2. The second-order valence-electron chi connectivity index (χ2n) is 8.53. The second-order valence-corrected chi connectivity index (χ2v) is 11.0. The van der Waals surface area contributed by atoms with Gasteiger partial charge < -0.3 is 4.57 Å². The van der Waals surface area contributed by atoms with Crippen molar-refractivity contribution in [3.8, 4) is 11.3 Å². The number of nitrogens with zero attached hydrogens (tertiary/aromatic N) is 3. The third kappa shape index (κ3) is 4.01. The summed E-state index contributed by atoms with van der Waals surface area (Å²) in [5, 5.41) is -0.462. The highest BCUT2D eigenvalue weighted by Crippen LogP contribution is 2.31. The van der Waals surface area contributed by atoms with Crippen molar-refractivity contribution in [1.82, 2.24) is 14.5 Å². The Morgan fingerprint density at radius 2 is 1.35 bits per heavy atom. The monoisotopic (exact) mass is 467 g/mol. The number of aromatic nitrogens is 3. The van der Waals surface area contributed by atoms with Crippen molar-refractivity contribution in [2.24, 2.45) is 0 Å². The lowest BCUT2D eigenvalue weighted by Crippen LogP contribution is -2.13. The quantitative estimate of drug-likeness (QED) is 0.311. The molecule has 0 aliphatic carbocycles. The lowest BCUT2D eigenvalue weighted by Gasteiger charge is -2.21. The molecule has 0 spiro atoms. The van der Waals surface area contributed by atoms with Crippen LogP contribution in [0.25, 0.3) is 22.4 Å². The molecule has 2 aromatic heterocycles. The minimum Gasteiger partial charge on any atom is -0.320 e. The van der Waals surface area contributed by atoms with Crippen molar-refractivity contribution in [3.05, 3.63) is 115 Å². The van der Waals surface area contributed by atoms with Gasteiger partial charge in [0.15, 0.2) is 15.5 Å². The van der Waals surface area contributed by atoms with Gasteiger partial charge in [0.05, 0.1) is 28.1 Å². The molecule has 170 valence electrons. The Bertz CT molecular complexity index is 1490. The lowest BCUT2D eigenvalue weighted by molar-refractivity contribution is 0.587. The maximum Gasteiger partial charge on any atom is 0.180 e. The maximum absolute atomic E-state index is 12.4. The van der Waals surface area contributed by atoms with E-state index in [1.54, 1.807) is 44.3 Å². The van der Waals surface area contributed by atoms with Gasteiger partial charge in [0.2, 0.25) is 0 Å². The van der Waals surface area contributed by atoms with Crippen molar-refractivity contribution in [2.45, 2.75) is 30.0 Å². The van der Waals surface area contributed by atoms with Gasteiger partial charge in [-0.05, 0) is 43.2 Å². The lowest BCUT2D eigenvalue weighted by atomic mass is 9.98. The smallest absolute Gasteiger partial charge is 0.180 e. The number of hydrogen-bond acceptors (Lipinski definition) is 4. The van der Waals surface area contributed by atoms with Gasteiger partial charge in [-0.25, -0.2) is 18.4 Å². The summed E-state index contributed by atoms with van der Waals surface area (Å²) in [4.78, 5) is 9.92. The first kappa shape index (κ1) is 22.0. The van der Waals surface area contributed by atoms with Crippen LogP contribution in [0.4, 0.5) is 0 Å². The summed E-state index contributed by atoms with van der Waals surface area (Å²) in [5.74, 6) is 0. The van der Waals surface area contributed by atoms with Gasteiger partial charge in [-0.15, -0.1) is 0 Å². The molecule has 0 unspecified atom stereocenters. The fourth-order valence-electron chi connectivity index (χ4n) is 4.15. The van der Waals surface area contributed by atoms with Gasteiger partial charge in [0, 0.05) is 11.8 Å². The summed E-state index contributed by atoms with van der Waals surface area (Å²) in [5.41, 5.74) is 5.44. The van der Waals surface area contributed by atoms with Crippen LogP contribution in [0, 0.1) is 0 Å². The zero-order chi connectivity index (χ0) is 23.7. The van der Waals surface area contributed by atoms with Gasteiger partial charge >= 0.3 is 0 Å². The summed E-state index contributed by atoms with van der Waals surface area (Å²) >= 11 is 0. The van der Waals surface area contributed by atoms with E-state index in [0.717, 1.165) is 16.7 Å². The Balaban J connectivity index is 1.55. The fraction of sp³-hybridized carbons (Fsp3) is 0.143. The summed E-state index contributed by atoms with van der Waals surface area (Å²) < 4.78 is 27.0. The summed E-state index contributed by atoms with van der Waals surface area (Å²) in [7, 11) is -3.31. The molecule has 0 aliphatic rings. The molecular formula is C28H25N3O2S. The van der Waals surface area contributed by atoms with Crippen molar-refractivity contribution in [1.29, 1.82) is 0 Å². The molecule has 0 amide bonds. The van der Waals surface area contributed by atoms with Crippen LogP contribution in [-0.4, -0.2) is 28.2 Å². The van der Waals surface area contributed by atoms with Crippen LogP contribution in [0.5, 0.6) is 0 Å². The standard InChI is InChI=1S/C28H25N3O2S/c1-20(2)34(32,33)24-15-13-21(14-16-24)26-19-29-28-25(30-26)17-18-31(28)27(22-9-5-3-6-10-22)23-11-7-4-8-12-23/h3-20,27H,1-2H3. The first-order valence-corrected chi connectivity index (χ1v) is 12.8. The normalized spacial score (nSPS) is 12.0. The van der Waals surface area contributed by atoms with Crippen LogP contribution in [0.1, 0.15) is 31.0 Å². The number of fused-ring (bicyclic) bond motifs is 1. The van der Waals surface area contributed by atoms with Crippen LogP contribution in [0.15, 0.2) is 108 Å². The Morgan fingerprint density at radius 1 is 0.765 bits per heavy atom. The van der Waals surface area contributed by atoms with Crippen LogP contribution in [0.2, 0.25) is 0 Å². The average molecular weight is 468 g/mol. The number of rotatable bonds is 6. The zero-order valence-electron chi connectivity index (χ0n) is 19.0. The number of hydrogen-bond donors (Lipinski definition) is 0. The molecule has 0 bridgehead atoms. The highest BCUT2D eigenvalue weighted by atomic mass is 32.2. The first-order chi connectivity index (χ1) is 16.4. The molecule has 34 heavy (non-hydrogen) atoms. The van der Waals surface area contributed by atoms with Crippen LogP contribution in [-0.2, 0) is 9.84 Å². The average Bonchev–Trinajstić information content (AvgIpc) is 3.28. The molecule has 0 saturated heterocycles. The van der Waals surface area contributed by atoms with E-state index in [9.17, 15) is 8.42 Å². The van der Waals surface area contributed by atoms with Crippen LogP contribution >= 0.6 is 0 Å². The topological polar surface area (TPSA) is 64.8 Å². The molecule has 5 nitrogen and oxygen atoms in total. The number of sulfone groups is 1. The predicted octanol–water partition coefficient (Wildman–Crippen LogP) is 5.92. The van der Waals surface area contributed by atoms with Crippen molar-refractivity contribution < 1.29 is 8.42 Å². The highest BCUT2D eigenvalue weighted by Gasteiger charge is 2.20. The fourth-order valence-corrected chi connectivity index (χ4v) is 5.21. The van der Waals surface area contributed by atoms with Crippen molar-refractivity contribution in [2.75, 3.05) is 0 Å². The second kappa shape index (κ2) is 8.88. The van der Waals surface area contributed by atoms with Crippen LogP contribution < -0.4 is 0 Å². The molecular weight excluding hydrogens is 442 g/mol. The van der Waals surface area contributed by atoms with Gasteiger partial charge in [-0.1, -0.05) is 72.8 Å². The molecule has 0 atom stereocenters. The van der Waals surface area contributed by atoms with E-state index in [1.807, 2.05) is 48.7 Å². The Morgan fingerprint density at radius 3 is 1.91 bits per heavy atom. The number of benzene rings is 3. The van der Waals surface area contributed by atoms with E-state index in [2.05, 4.69) is 28.8 Å². The molecule has 2 heterocycles. The molecule has 3 aromatic carbocycles. The molecule has 5 aromatic rings. The van der Waals surface area contributed by atoms with E-state index in [0.29, 0.717) is 10.6 Å². The van der Waals surface area contributed by atoms with E-state index < -0.39 is 15.1 Å².